The molecule has 1 aromatic carbocycles. The Bertz CT molecular complexity index is 550. The third-order valence-corrected chi connectivity index (χ3v) is 3.00. The largest absolute Gasteiger partial charge is 0.468 e. The van der Waals surface area contributed by atoms with Crippen LogP contribution in [0.2, 0.25) is 5.02 Å². The lowest BCUT2D eigenvalue weighted by molar-refractivity contribution is -0.142. The number of aromatic nitrogens is 1. The lowest BCUT2D eigenvalue weighted by atomic mass is 10.1. The first-order valence-corrected chi connectivity index (χ1v) is 5.59. The van der Waals surface area contributed by atoms with Gasteiger partial charge in [-0.15, -0.1) is 0 Å². The number of carbonyl (C=O) groups excluding carboxylic acids is 1. The Morgan fingerprint density at radius 1 is 1.59 bits per heavy atom. The summed E-state index contributed by atoms with van der Waals surface area (Å²) >= 11 is 6.12. The molecule has 90 valence electrons. The number of aromatic amines is 1. The number of methoxy groups -OCH3 is 1. The molecule has 0 spiro atoms. The third kappa shape index (κ3) is 2.28. The SMILES string of the molecule is COC(=O)[C@@H](N)Cc1c[nH]c2cccc(Cl)c12. The van der Waals surface area contributed by atoms with E-state index in [0.717, 1.165) is 16.5 Å². The fourth-order valence-corrected chi connectivity index (χ4v) is 2.14. The molecular weight excluding hydrogens is 240 g/mol. The van der Waals surface area contributed by atoms with E-state index in [1.807, 2.05) is 24.4 Å². The zero-order chi connectivity index (χ0) is 12.4. The van der Waals surface area contributed by atoms with Crippen molar-refractivity contribution in [3.8, 4) is 0 Å². The first-order chi connectivity index (χ1) is 8.13. The van der Waals surface area contributed by atoms with Crippen LogP contribution in [-0.4, -0.2) is 24.1 Å². The van der Waals surface area contributed by atoms with E-state index in [2.05, 4.69) is 9.72 Å². The second-order valence-corrected chi connectivity index (χ2v) is 4.22. The summed E-state index contributed by atoms with van der Waals surface area (Å²) in [7, 11) is 1.32. The molecule has 0 aliphatic carbocycles. The van der Waals surface area contributed by atoms with Crippen molar-refractivity contribution in [1.29, 1.82) is 0 Å². The van der Waals surface area contributed by atoms with Crippen LogP contribution in [0.1, 0.15) is 5.56 Å². The van der Waals surface area contributed by atoms with Crippen LogP contribution in [0.3, 0.4) is 0 Å². The molecule has 17 heavy (non-hydrogen) atoms. The molecule has 0 unspecified atom stereocenters. The summed E-state index contributed by atoms with van der Waals surface area (Å²) in [6, 6.07) is 4.93. The quantitative estimate of drug-likeness (QED) is 0.820. The Morgan fingerprint density at radius 3 is 3.06 bits per heavy atom. The average molecular weight is 253 g/mol. The third-order valence-electron chi connectivity index (χ3n) is 2.68. The highest BCUT2D eigenvalue weighted by atomic mass is 35.5. The van der Waals surface area contributed by atoms with Crippen LogP contribution in [0.4, 0.5) is 0 Å². The minimum absolute atomic E-state index is 0.399. The second-order valence-electron chi connectivity index (χ2n) is 3.81. The van der Waals surface area contributed by atoms with Gasteiger partial charge in [0, 0.05) is 23.5 Å². The van der Waals surface area contributed by atoms with Gasteiger partial charge in [0.05, 0.1) is 12.1 Å². The summed E-state index contributed by atoms with van der Waals surface area (Å²) in [4.78, 5) is 14.4. The highest BCUT2D eigenvalue weighted by Crippen LogP contribution is 2.27. The van der Waals surface area contributed by atoms with E-state index < -0.39 is 12.0 Å². The molecule has 0 radical (unpaired) electrons. The molecule has 0 saturated carbocycles. The van der Waals surface area contributed by atoms with Gasteiger partial charge in [0.1, 0.15) is 6.04 Å². The minimum Gasteiger partial charge on any atom is -0.468 e. The van der Waals surface area contributed by atoms with Crippen molar-refractivity contribution < 1.29 is 9.53 Å². The van der Waals surface area contributed by atoms with Gasteiger partial charge in [0.15, 0.2) is 0 Å². The van der Waals surface area contributed by atoms with E-state index in [1.165, 1.54) is 7.11 Å². The molecule has 5 heteroatoms. The fourth-order valence-electron chi connectivity index (χ4n) is 1.84. The zero-order valence-electron chi connectivity index (χ0n) is 9.37. The molecule has 2 rings (SSSR count). The van der Waals surface area contributed by atoms with E-state index >= 15 is 0 Å². The number of fused-ring (bicyclic) bond motifs is 1. The summed E-state index contributed by atoms with van der Waals surface area (Å²) in [5, 5.41) is 1.56. The van der Waals surface area contributed by atoms with E-state index in [0.29, 0.717) is 11.4 Å². The van der Waals surface area contributed by atoms with Crippen molar-refractivity contribution in [3.63, 3.8) is 0 Å². The Balaban J connectivity index is 2.34. The van der Waals surface area contributed by atoms with Gasteiger partial charge in [-0.1, -0.05) is 17.7 Å². The number of benzene rings is 1. The first-order valence-electron chi connectivity index (χ1n) is 5.21. The first kappa shape index (κ1) is 12.0. The van der Waals surface area contributed by atoms with Crippen molar-refractivity contribution in [2.24, 2.45) is 5.73 Å². The van der Waals surface area contributed by atoms with Crippen LogP contribution in [0.15, 0.2) is 24.4 Å². The molecule has 0 aliphatic rings. The van der Waals surface area contributed by atoms with Crippen LogP contribution < -0.4 is 5.73 Å². The Morgan fingerprint density at radius 2 is 2.35 bits per heavy atom. The maximum atomic E-state index is 11.3. The molecular formula is C12H13ClN2O2. The zero-order valence-corrected chi connectivity index (χ0v) is 10.1. The number of nitrogens with one attached hydrogen (secondary N) is 1. The average Bonchev–Trinajstić information content (AvgIpc) is 2.72. The number of carbonyl (C=O) groups is 1. The van der Waals surface area contributed by atoms with Crippen molar-refractivity contribution in [1.82, 2.24) is 4.98 Å². The van der Waals surface area contributed by atoms with Crippen molar-refractivity contribution in [2.45, 2.75) is 12.5 Å². The number of H-pyrrole nitrogens is 1. The molecule has 0 saturated heterocycles. The summed E-state index contributed by atoms with van der Waals surface area (Å²) in [6.45, 7) is 0. The van der Waals surface area contributed by atoms with Gasteiger partial charge in [-0.2, -0.15) is 0 Å². The van der Waals surface area contributed by atoms with Crippen LogP contribution in [0, 0.1) is 0 Å². The minimum atomic E-state index is -0.671. The van der Waals surface area contributed by atoms with Gasteiger partial charge in [-0.3, -0.25) is 4.79 Å². The van der Waals surface area contributed by atoms with Crippen LogP contribution in [0.25, 0.3) is 10.9 Å². The lowest BCUT2D eigenvalue weighted by Crippen LogP contribution is -2.33. The predicted molar refractivity (Wildman–Crippen MR) is 67.0 cm³/mol. The fraction of sp³-hybridized carbons (Fsp3) is 0.250. The van der Waals surface area contributed by atoms with E-state index in [9.17, 15) is 4.79 Å². The lowest BCUT2D eigenvalue weighted by Gasteiger charge is -2.08. The molecule has 2 aromatic rings. The van der Waals surface area contributed by atoms with Gasteiger partial charge in [-0.05, 0) is 17.7 Å². The molecule has 3 N–H and O–H groups in total. The van der Waals surface area contributed by atoms with Crippen LogP contribution in [-0.2, 0) is 16.0 Å². The predicted octanol–water partition coefficient (Wildman–Crippen LogP) is 1.86. The number of halogens is 1. The van der Waals surface area contributed by atoms with Crippen molar-refractivity contribution >= 4 is 28.5 Å². The Kier molecular flexibility index (Phi) is 3.36. The second kappa shape index (κ2) is 4.77. The summed E-state index contributed by atoms with van der Waals surface area (Å²) in [5.74, 6) is -0.425. The molecule has 1 atom stereocenters. The molecule has 0 aliphatic heterocycles. The molecule has 0 fully saturated rings. The van der Waals surface area contributed by atoms with Gasteiger partial charge in [0.25, 0.3) is 0 Å². The van der Waals surface area contributed by atoms with Gasteiger partial charge in [-0.25, -0.2) is 0 Å². The van der Waals surface area contributed by atoms with E-state index in [1.54, 1.807) is 0 Å². The van der Waals surface area contributed by atoms with E-state index in [4.69, 9.17) is 17.3 Å². The highest BCUT2D eigenvalue weighted by Gasteiger charge is 2.17. The van der Waals surface area contributed by atoms with E-state index in [-0.39, 0.29) is 0 Å². The molecule has 0 amide bonds. The molecule has 4 nitrogen and oxygen atoms in total. The standard InChI is InChI=1S/C12H13ClN2O2/c1-17-12(16)9(14)5-7-6-15-10-4-2-3-8(13)11(7)10/h2-4,6,9,15H,5,14H2,1H3/t9-/m0/s1. The summed E-state index contributed by atoms with van der Waals surface area (Å²) in [6.07, 6.45) is 2.22. The number of esters is 1. The molecule has 0 bridgehead atoms. The smallest absolute Gasteiger partial charge is 0.322 e. The van der Waals surface area contributed by atoms with Gasteiger partial charge in [0.2, 0.25) is 0 Å². The van der Waals surface area contributed by atoms with Crippen LogP contribution in [0.5, 0.6) is 0 Å². The summed E-state index contributed by atoms with van der Waals surface area (Å²) in [5.41, 5.74) is 7.58. The molecule has 1 heterocycles. The number of ether oxygens (including phenoxy) is 1. The number of rotatable bonds is 3. The molecule has 1 aromatic heterocycles. The Hall–Kier alpha value is -1.52. The maximum Gasteiger partial charge on any atom is 0.322 e. The normalized spacial score (nSPS) is 12.6. The highest BCUT2D eigenvalue weighted by molar-refractivity contribution is 6.35. The maximum absolute atomic E-state index is 11.3. The van der Waals surface area contributed by atoms with Crippen molar-refractivity contribution in [3.05, 3.63) is 35.0 Å². The number of nitrogens with two attached hydrogens (primary N) is 1. The van der Waals surface area contributed by atoms with Crippen LogP contribution >= 0.6 is 11.6 Å². The number of hydrogen-bond acceptors (Lipinski definition) is 3. The monoisotopic (exact) mass is 252 g/mol. The van der Waals surface area contributed by atoms with Gasteiger partial charge < -0.3 is 15.5 Å². The summed E-state index contributed by atoms with van der Waals surface area (Å²) < 4.78 is 4.60. The number of hydrogen-bond donors (Lipinski definition) is 2. The van der Waals surface area contributed by atoms with Crippen molar-refractivity contribution in [2.75, 3.05) is 7.11 Å². The topological polar surface area (TPSA) is 68.1 Å². The van der Waals surface area contributed by atoms with Gasteiger partial charge >= 0.3 is 5.97 Å². The Labute approximate surface area is 104 Å².